The van der Waals surface area contributed by atoms with Crippen LogP contribution in [0.3, 0.4) is 0 Å². The molecule has 1 aromatic carbocycles. The molecule has 4 N–H and O–H groups in total. The first-order valence-electron chi connectivity index (χ1n) is 6.57. The van der Waals surface area contributed by atoms with Crippen molar-refractivity contribution in [3.05, 3.63) is 57.6 Å². The molecule has 1 atom stereocenters. The topological polar surface area (TPSA) is 114 Å². The van der Waals surface area contributed by atoms with E-state index >= 15 is 0 Å². The molecule has 2 heterocycles. The van der Waals surface area contributed by atoms with Crippen LogP contribution in [0.25, 0.3) is 11.0 Å². The molecule has 1 aliphatic rings. The fourth-order valence-electron chi connectivity index (χ4n) is 2.55. The number of primary amides is 1. The summed E-state index contributed by atoms with van der Waals surface area (Å²) < 4.78 is 5.43. The molecule has 112 valence electrons. The average molecular weight is 299 g/mol. The van der Waals surface area contributed by atoms with Crippen LogP contribution in [0.1, 0.15) is 18.5 Å². The summed E-state index contributed by atoms with van der Waals surface area (Å²) >= 11 is 0. The minimum Gasteiger partial charge on any atom is -0.464 e. The van der Waals surface area contributed by atoms with E-state index in [1.165, 1.54) is 6.26 Å². The third-order valence-corrected chi connectivity index (χ3v) is 3.55. The van der Waals surface area contributed by atoms with Gasteiger partial charge in [0.1, 0.15) is 11.8 Å². The van der Waals surface area contributed by atoms with Crippen LogP contribution in [-0.4, -0.2) is 11.9 Å². The normalized spacial score (nSPS) is 18.0. The van der Waals surface area contributed by atoms with Gasteiger partial charge in [-0.05, 0) is 19.1 Å². The predicted octanol–water partition coefficient (Wildman–Crippen LogP) is 0.906. The smallest absolute Gasteiger partial charge is 0.319 e. The number of para-hydroxylation sites is 1. The lowest BCUT2D eigenvalue weighted by atomic mass is 9.95. The summed E-state index contributed by atoms with van der Waals surface area (Å²) in [5, 5.41) is 5.36. The number of fused-ring (bicyclic) bond motifs is 1. The van der Waals surface area contributed by atoms with Crippen molar-refractivity contribution in [3.8, 4) is 0 Å². The fraction of sp³-hybridized carbons (Fsp3) is 0.133. The summed E-state index contributed by atoms with van der Waals surface area (Å²) in [6.45, 7) is 1.55. The van der Waals surface area contributed by atoms with Gasteiger partial charge in [-0.2, -0.15) is 0 Å². The summed E-state index contributed by atoms with van der Waals surface area (Å²) in [6.07, 6.45) is 1.25. The Morgan fingerprint density at radius 1 is 1.27 bits per heavy atom. The highest BCUT2D eigenvalue weighted by atomic mass is 16.3. The average Bonchev–Trinajstić information content (AvgIpc) is 2.46. The fourth-order valence-corrected chi connectivity index (χ4v) is 2.55. The Bertz CT molecular complexity index is 882. The molecule has 2 aromatic rings. The Hall–Kier alpha value is -3.09. The lowest BCUT2D eigenvalue weighted by molar-refractivity contribution is -0.115. The molecule has 7 heteroatoms. The van der Waals surface area contributed by atoms with Crippen molar-refractivity contribution < 1.29 is 14.0 Å². The van der Waals surface area contributed by atoms with Crippen LogP contribution in [-0.2, 0) is 4.79 Å². The molecule has 7 nitrogen and oxygen atoms in total. The molecule has 22 heavy (non-hydrogen) atoms. The molecule has 0 fully saturated rings. The number of carbonyl (C=O) groups is 2. The van der Waals surface area contributed by atoms with Gasteiger partial charge in [0, 0.05) is 5.70 Å². The molecular formula is C15H13N3O4. The summed E-state index contributed by atoms with van der Waals surface area (Å²) in [5.74, 6) is -0.720. The zero-order chi connectivity index (χ0) is 15.9. The van der Waals surface area contributed by atoms with Gasteiger partial charge in [0.2, 0.25) is 5.91 Å². The standard InChI is InChI=1S/C15H13N3O4/c1-7-11(14(16)20)12(18-15(21)17-7)9-6-22-10-5-3-2-4-8(10)13(9)19/h2-6,12H,1H3,(H2,16,20)(H2,17,18,21). The summed E-state index contributed by atoms with van der Waals surface area (Å²) in [6, 6.07) is 5.29. The summed E-state index contributed by atoms with van der Waals surface area (Å²) in [7, 11) is 0. The van der Waals surface area contributed by atoms with Gasteiger partial charge in [0.05, 0.1) is 22.6 Å². The Morgan fingerprint density at radius 3 is 2.73 bits per heavy atom. The van der Waals surface area contributed by atoms with Crippen LogP contribution in [0.4, 0.5) is 4.79 Å². The van der Waals surface area contributed by atoms with Gasteiger partial charge in [0.15, 0.2) is 5.43 Å². The van der Waals surface area contributed by atoms with E-state index in [0.29, 0.717) is 16.7 Å². The number of urea groups is 1. The highest BCUT2D eigenvalue weighted by molar-refractivity contribution is 5.97. The maximum absolute atomic E-state index is 12.6. The molecule has 0 saturated heterocycles. The first-order chi connectivity index (χ1) is 10.5. The van der Waals surface area contributed by atoms with Crippen LogP contribution < -0.4 is 21.8 Å². The minimum absolute atomic E-state index is 0.127. The number of allylic oxidation sites excluding steroid dienone is 1. The predicted molar refractivity (Wildman–Crippen MR) is 78.8 cm³/mol. The van der Waals surface area contributed by atoms with E-state index in [9.17, 15) is 14.4 Å². The van der Waals surface area contributed by atoms with E-state index in [0.717, 1.165) is 0 Å². The third kappa shape index (κ3) is 2.12. The number of benzene rings is 1. The van der Waals surface area contributed by atoms with Crippen LogP contribution >= 0.6 is 0 Å². The van der Waals surface area contributed by atoms with Crippen molar-refractivity contribution in [1.82, 2.24) is 10.6 Å². The quantitative estimate of drug-likeness (QED) is 0.764. The van der Waals surface area contributed by atoms with Gasteiger partial charge in [-0.15, -0.1) is 0 Å². The first kappa shape index (κ1) is 13.9. The Balaban J connectivity index is 2.23. The number of nitrogens with one attached hydrogen (secondary N) is 2. The van der Waals surface area contributed by atoms with Crippen LogP contribution in [0.15, 0.2) is 51.0 Å². The van der Waals surface area contributed by atoms with E-state index in [2.05, 4.69) is 10.6 Å². The molecule has 3 amide bonds. The molecular weight excluding hydrogens is 286 g/mol. The Morgan fingerprint density at radius 2 is 2.00 bits per heavy atom. The largest absolute Gasteiger partial charge is 0.464 e. The molecule has 1 aliphatic heterocycles. The molecule has 0 saturated carbocycles. The van der Waals surface area contributed by atoms with Gasteiger partial charge in [0.25, 0.3) is 0 Å². The lowest BCUT2D eigenvalue weighted by Gasteiger charge is -2.26. The number of nitrogens with two attached hydrogens (primary N) is 1. The second-order valence-corrected chi connectivity index (χ2v) is 4.95. The number of hydrogen-bond donors (Lipinski definition) is 3. The van der Waals surface area contributed by atoms with E-state index in [4.69, 9.17) is 10.2 Å². The van der Waals surface area contributed by atoms with Crippen molar-refractivity contribution in [3.63, 3.8) is 0 Å². The zero-order valence-electron chi connectivity index (χ0n) is 11.7. The minimum atomic E-state index is -0.938. The number of rotatable bonds is 2. The molecule has 0 bridgehead atoms. The van der Waals surface area contributed by atoms with Crippen molar-refractivity contribution >= 4 is 22.9 Å². The second-order valence-electron chi connectivity index (χ2n) is 4.95. The Kier molecular flexibility index (Phi) is 3.17. The van der Waals surface area contributed by atoms with E-state index in [1.807, 2.05) is 0 Å². The van der Waals surface area contributed by atoms with E-state index < -0.39 is 18.0 Å². The molecule has 0 aliphatic carbocycles. The number of carbonyl (C=O) groups excluding carboxylic acids is 2. The van der Waals surface area contributed by atoms with Crippen molar-refractivity contribution in [2.45, 2.75) is 13.0 Å². The third-order valence-electron chi connectivity index (χ3n) is 3.55. The van der Waals surface area contributed by atoms with Gasteiger partial charge >= 0.3 is 6.03 Å². The molecule has 1 aromatic heterocycles. The maximum Gasteiger partial charge on any atom is 0.319 e. The molecule has 3 rings (SSSR count). The van der Waals surface area contributed by atoms with Crippen LogP contribution in [0.2, 0.25) is 0 Å². The van der Waals surface area contributed by atoms with E-state index in [-0.39, 0.29) is 16.6 Å². The van der Waals surface area contributed by atoms with Gasteiger partial charge in [-0.1, -0.05) is 12.1 Å². The lowest BCUT2D eigenvalue weighted by Crippen LogP contribution is -2.47. The van der Waals surface area contributed by atoms with Crippen molar-refractivity contribution in [1.29, 1.82) is 0 Å². The number of hydrogen-bond acceptors (Lipinski definition) is 4. The molecule has 0 radical (unpaired) electrons. The molecule has 1 unspecified atom stereocenters. The van der Waals surface area contributed by atoms with Gasteiger partial charge in [-0.3, -0.25) is 9.59 Å². The van der Waals surface area contributed by atoms with E-state index in [1.54, 1.807) is 31.2 Å². The second kappa shape index (κ2) is 5.03. The van der Waals surface area contributed by atoms with Crippen LogP contribution in [0, 0.1) is 0 Å². The van der Waals surface area contributed by atoms with Crippen molar-refractivity contribution in [2.24, 2.45) is 5.73 Å². The maximum atomic E-state index is 12.6. The monoisotopic (exact) mass is 299 g/mol. The zero-order valence-corrected chi connectivity index (χ0v) is 11.7. The van der Waals surface area contributed by atoms with Crippen LogP contribution in [0.5, 0.6) is 0 Å². The number of amides is 3. The van der Waals surface area contributed by atoms with Gasteiger partial charge in [-0.25, -0.2) is 4.79 Å². The molecule has 0 spiro atoms. The first-order valence-corrected chi connectivity index (χ1v) is 6.57. The summed E-state index contributed by atoms with van der Waals surface area (Å²) in [4.78, 5) is 35.9. The van der Waals surface area contributed by atoms with Crippen molar-refractivity contribution in [2.75, 3.05) is 0 Å². The van der Waals surface area contributed by atoms with Gasteiger partial charge < -0.3 is 20.8 Å². The highest BCUT2D eigenvalue weighted by Crippen LogP contribution is 2.25. The summed E-state index contributed by atoms with van der Waals surface area (Å²) in [5.41, 5.74) is 6.08. The SMILES string of the molecule is CC1=C(C(N)=O)C(c2coc3ccccc3c2=O)NC(=O)N1. The Labute approximate surface area is 124 Å². The highest BCUT2D eigenvalue weighted by Gasteiger charge is 2.32.